The number of hydrogen-bond acceptors (Lipinski definition) is 14. The predicted molar refractivity (Wildman–Crippen MR) is 124 cm³/mol. The Balaban J connectivity index is 1.36. The molecule has 0 aliphatic carbocycles. The topological polar surface area (TPSA) is 242 Å². The van der Waals surface area contributed by atoms with Gasteiger partial charge >= 0.3 is 0 Å². The number of ether oxygens (including phenoxy) is 3. The quantitative estimate of drug-likeness (QED) is 0.149. The first kappa shape index (κ1) is 27.5. The summed E-state index contributed by atoms with van der Waals surface area (Å²) in [5, 5.41) is 69.8. The van der Waals surface area contributed by atoms with Gasteiger partial charge in [0.15, 0.2) is 18.2 Å². The van der Waals surface area contributed by atoms with Crippen LogP contribution in [0.4, 0.5) is 5.82 Å². The monoisotopic (exact) mass is 525 g/mol. The Morgan fingerprint density at radius 2 is 1.76 bits per heavy atom. The lowest BCUT2D eigenvalue weighted by Crippen LogP contribution is -2.63. The number of hydrogen-bond donors (Lipinski definition) is 9. The number of nitrogens with zero attached hydrogens (tertiary/aromatic N) is 2. The number of amides is 1. The second-order valence-corrected chi connectivity index (χ2v) is 8.98. The van der Waals surface area contributed by atoms with Crippen molar-refractivity contribution in [3.8, 4) is 0 Å². The highest BCUT2D eigenvalue weighted by Crippen LogP contribution is 2.26. The normalized spacial score (nSPS) is 36.3. The van der Waals surface area contributed by atoms with Gasteiger partial charge in [-0.1, -0.05) is 24.3 Å². The third-order valence-corrected chi connectivity index (χ3v) is 6.58. The summed E-state index contributed by atoms with van der Waals surface area (Å²) in [6, 6.07) is 6.15. The summed E-state index contributed by atoms with van der Waals surface area (Å²) in [5.41, 5.74) is 10.9. The number of fused-ring (bicyclic) bond motifs is 1. The third-order valence-electron chi connectivity index (χ3n) is 6.58. The molecule has 2 aromatic rings. The SMILES string of the molecule is NC1[C@H](O)OC(CO)[C@H](O)[C@@H]1COC[C@@H]1OC(C(=O)NNc2nncc3ccccc23)[C@H](O)[C@H](O)C1O. The van der Waals surface area contributed by atoms with Gasteiger partial charge in [-0.2, -0.15) is 5.10 Å². The zero-order valence-electron chi connectivity index (χ0n) is 19.6. The van der Waals surface area contributed by atoms with Gasteiger partial charge < -0.3 is 50.6 Å². The van der Waals surface area contributed by atoms with E-state index in [-0.39, 0.29) is 19.0 Å². The highest BCUT2D eigenvalue weighted by atomic mass is 16.6. The van der Waals surface area contributed by atoms with Crippen LogP contribution in [0.2, 0.25) is 0 Å². The largest absolute Gasteiger partial charge is 0.394 e. The Morgan fingerprint density at radius 1 is 1.00 bits per heavy atom. The maximum atomic E-state index is 12.8. The van der Waals surface area contributed by atoms with E-state index < -0.39 is 73.5 Å². The first-order valence-corrected chi connectivity index (χ1v) is 11.6. The minimum absolute atomic E-state index is 0.220. The second-order valence-electron chi connectivity index (χ2n) is 8.98. The van der Waals surface area contributed by atoms with Gasteiger partial charge in [0, 0.05) is 16.7 Å². The van der Waals surface area contributed by atoms with Crippen LogP contribution >= 0.6 is 0 Å². The maximum absolute atomic E-state index is 12.8. The molecule has 4 rings (SSSR count). The zero-order chi connectivity index (χ0) is 26.7. The molecule has 0 bridgehead atoms. The Bertz CT molecular complexity index is 1060. The van der Waals surface area contributed by atoms with E-state index in [0.29, 0.717) is 5.39 Å². The highest BCUT2D eigenvalue weighted by Gasteiger charge is 2.47. The number of carbonyl (C=O) groups is 1. The number of rotatable bonds is 8. The van der Waals surface area contributed by atoms with Crippen molar-refractivity contribution in [2.75, 3.05) is 25.2 Å². The molecule has 15 heteroatoms. The van der Waals surface area contributed by atoms with Gasteiger partial charge in [0.25, 0.3) is 5.91 Å². The Hall–Kier alpha value is -2.57. The number of benzene rings is 1. The molecule has 15 nitrogen and oxygen atoms in total. The van der Waals surface area contributed by atoms with E-state index in [4.69, 9.17) is 19.9 Å². The molecule has 0 spiro atoms. The smallest absolute Gasteiger partial charge is 0.270 e. The fourth-order valence-electron chi connectivity index (χ4n) is 4.36. The van der Waals surface area contributed by atoms with Crippen LogP contribution in [-0.4, -0.2) is 122 Å². The number of hydrazine groups is 1. The van der Waals surface area contributed by atoms with Crippen molar-refractivity contribution in [1.29, 1.82) is 0 Å². The summed E-state index contributed by atoms with van der Waals surface area (Å²) in [7, 11) is 0. The molecular weight excluding hydrogens is 494 g/mol. The molecule has 1 aromatic heterocycles. The van der Waals surface area contributed by atoms with Gasteiger partial charge in [-0.15, -0.1) is 5.10 Å². The third kappa shape index (κ3) is 5.80. The highest BCUT2D eigenvalue weighted by molar-refractivity contribution is 5.92. The van der Waals surface area contributed by atoms with Gasteiger partial charge in [0.2, 0.25) is 0 Å². The zero-order valence-corrected chi connectivity index (χ0v) is 19.6. The molecule has 1 amide bonds. The van der Waals surface area contributed by atoms with Crippen LogP contribution in [0.1, 0.15) is 0 Å². The molecule has 2 aliphatic rings. The number of anilines is 1. The Labute approximate surface area is 210 Å². The molecule has 4 unspecified atom stereocenters. The van der Waals surface area contributed by atoms with Crippen molar-refractivity contribution in [1.82, 2.24) is 15.6 Å². The van der Waals surface area contributed by atoms with Crippen molar-refractivity contribution in [3.05, 3.63) is 30.5 Å². The number of nitrogens with one attached hydrogen (secondary N) is 2. The first-order valence-electron chi connectivity index (χ1n) is 11.6. The van der Waals surface area contributed by atoms with Crippen LogP contribution in [0.5, 0.6) is 0 Å². The summed E-state index contributed by atoms with van der Waals surface area (Å²) in [6.07, 6.45) is -10.1. The summed E-state index contributed by atoms with van der Waals surface area (Å²) in [4.78, 5) is 12.8. The van der Waals surface area contributed by atoms with E-state index in [1.54, 1.807) is 18.3 Å². The van der Waals surface area contributed by atoms with Crippen molar-refractivity contribution >= 4 is 22.5 Å². The fourth-order valence-corrected chi connectivity index (χ4v) is 4.36. The molecule has 37 heavy (non-hydrogen) atoms. The van der Waals surface area contributed by atoms with Gasteiger partial charge in [-0.25, -0.2) is 0 Å². The van der Waals surface area contributed by atoms with Gasteiger partial charge in [-0.05, 0) is 0 Å². The standard InChI is InChI=1S/C22H31N5O10/c23-14-11(15(29)12(6-28)37-22(14)34)7-35-8-13-16(30)17(31)18(32)19(36-13)21(33)27-26-20-10-4-2-1-3-9(10)5-24-25-20/h1-5,11-19,22,28-32,34H,6-8,23H2,(H,25,26)(H,27,33)/t11-,12?,13+,14?,15-,16?,17-,18-,19?,22-/m1/s1. The summed E-state index contributed by atoms with van der Waals surface area (Å²) in [6.45, 7) is -1.12. The molecule has 2 aliphatic heterocycles. The molecule has 10 atom stereocenters. The van der Waals surface area contributed by atoms with Crippen molar-refractivity contribution in [2.24, 2.45) is 11.7 Å². The minimum atomic E-state index is -1.75. The van der Waals surface area contributed by atoms with E-state index in [9.17, 15) is 35.4 Å². The second kappa shape index (κ2) is 11.9. The lowest BCUT2D eigenvalue weighted by atomic mass is 9.88. The van der Waals surface area contributed by atoms with Crippen LogP contribution in [-0.2, 0) is 19.0 Å². The minimum Gasteiger partial charge on any atom is -0.394 e. The van der Waals surface area contributed by atoms with E-state index in [0.717, 1.165) is 5.39 Å². The van der Waals surface area contributed by atoms with E-state index in [2.05, 4.69) is 21.0 Å². The van der Waals surface area contributed by atoms with E-state index in [1.807, 2.05) is 12.1 Å². The summed E-state index contributed by atoms with van der Waals surface area (Å²) in [5.74, 6) is -1.44. The fraction of sp³-hybridized carbons (Fsp3) is 0.591. The van der Waals surface area contributed by atoms with Crippen molar-refractivity contribution < 1.29 is 49.6 Å². The lowest BCUT2D eigenvalue weighted by molar-refractivity contribution is -0.248. The molecule has 2 saturated heterocycles. The molecule has 0 saturated carbocycles. The summed E-state index contributed by atoms with van der Waals surface area (Å²) >= 11 is 0. The molecule has 204 valence electrons. The maximum Gasteiger partial charge on any atom is 0.270 e. The van der Waals surface area contributed by atoms with Crippen molar-refractivity contribution in [3.63, 3.8) is 0 Å². The molecule has 1 aromatic carbocycles. The average Bonchev–Trinajstić information content (AvgIpc) is 2.91. The van der Waals surface area contributed by atoms with Gasteiger partial charge in [-0.3, -0.25) is 15.6 Å². The molecule has 10 N–H and O–H groups in total. The van der Waals surface area contributed by atoms with E-state index >= 15 is 0 Å². The van der Waals surface area contributed by atoms with Crippen LogP contribution in [0.3, 0.4) is 0 Å². The first-order chi connectivity index (χ1) is 17.7. The van der Waals surface area contributed by atoms with Crippen LogP contribution < -0.4 is 16.6 Å². The molecular formula is C22H31N5O10. The Morgan fingerprint density at radius 3 is 2.51 bits per heavy atom. The Kier molecular flexibility index (Phi) is 8.81. The number of aliphatic hydroxyl groups excluding tert-OH is 6. The number of carbonyl (C=O) groups excluding carboxylic acids is 1. The van der Waals surface area contributed by atoms with Crippen LogP contribution in [0.25, 0.3) is 10.8 Å². The van der Waals surface area contributed by atoms with Crippen LogP contribution in [0.15, 0.2) is 30.5 Å². The number of nitrogens with two attached hydrogens (primary N) is 1. The molecule has 0 radical (unpaired) electrons. The average molecular weight is 526 g/mol. The predicted octanol–water partition coefficient (Wildman–Crippen LogP) is -4.05. The van der Waals surface area contributed by atoms with E-state index in [1.165, 1.54) is 0 Å². The van der Waals surface area contributed by atoms with Gasteiger partial charge in [0.1, 0.15) is 30.5 Å². The van der Waals surface area contributed by atoms with Gasteiger partial charge in [0.05, 0.1) is 38.2 Å². The number of aliphatic hydroxyl groups is 6. The lowest BCUT2D eigenvalue weighted by Gasteiger charge is -2.42. The summed E-state index contributed by atoms with van der Waals surface area (Å²) < 4.78 is 16.1. The van der Waals surface area contributed by atoms with Crippen LogP contribution in [0, 0.1) is 5.92 Å². The molecule has 3 heterocycles. The molecule has 2 fully saturated rings. The van der Waals surface area contributed by atoms with Crippen molar-refractivity contribution in [2.45, 2.75) is 55.1 Å². The number of aromatic nitrogens is 2.